The zero-order valence-electron chi connectivity index (χ0n) is 33.0. The largest absolute Gasteiger partial charge is 0.310 e. The smallest absolute Gasteiger partial charge is 0.0547 e. The Morgan fingerprint density at radius 3 is 1.43 bits per heavy atom. The SMILES string of the molecule is c1ccc(-c2ccc(N(c3ccc(-c4ccccc4)cc3)c3cccc(-c4ccccc4-c4ccc5c6ccccc6n(-c6ccc7ccccc7c6)c5c4)c3)cc2)cc1. The molecular formula is C58H40N2. The second-order valence-electron chi connectivity index (χ2n) is 15.4. The Hall–Kier alpha value is -7.94. The summed E-state index contributed by atoms with van der Waals surface area (Å²) in [4.78, 5) is 2.36. The Labute approximate surface area is 350 Å². The van der Waals surface area contributed by atoms with E-state index in [4.69, 9.17) is 0 Å². The molecule has 0 N–H and O–H groups in total. The number of anilines is 3. The van der Waals surface area contributed by atoms with Crippen LogP contribution in [0.15, 0.2) is 243 Å². The number of fused-ring (bicyclic) bond motifs is 4. The molecule has 2 heteroatoms. The van der Waals surface area contributed by atoms with E-state index >= 15 is 0 Å². The van der Waals surface area contributed by atoms with Gasteiger partial charge in [0.2, 0.25) is 0 Å². The number of hydrogen-bond donors (Lipinski definition) is 0. The first-order valence-electron chi connectivity index (χ1n) is 20.6. The lowest BCUT2D eigenvalue weighted by molar-refractivity contribution is 1.19. The molecule has 0 amide bonds. The Morgan fingerprint density at radius 2 is 0.767 bits per heavy atom. The molecule has 11 aromatic rings. The topological polar surface area (TPSA) is 8.17 Å². The standard InChI is InChI=1S/C58H40N2/c1-3-14-41(15-4-1)44-26-32-49(33-27-44)59(50-34-28-45(29-35-50)42-16-5-2-6-17-42)51-21-13-20-47(39-51)53-22-9-10-23-54(53)48-31-37-56-55-24-11-12-25-57(55)60(58(56)40-48)52-36-30-43-18-7-8-19-46(43)38-52/h1-40H. The van der Waals surface area contributed by atoms with Crippen molar-refractivity contribution in [2.75, 3.05) is 4.90 Å². The lowest BCUT2D eigenvalue weighted by atomic mass is 9.93. The van der Waals surface area contributed by atoms with Gasteiger partial charge in [0.25, 0.3) is 0 Å². The normalized spacial score (nSPS) is 11.3. The summed E-state index contributed by atoms with van der Waals surface area (Å²) in [6, 6.07) is 87.9. The highest BCUT2D eigenvalue weighted by atomic mass is 15.1. The van der Waals surface area contributed by atoms with Crippen molar-refractivity contribution in [3.8, 4) is 50.2 Å². The maximum Gasteiger partial charge on any atom is 0.0547 e. The molecule has 2 nitrogen and oxygen atoms in total. The van der Waals surface area contributed by atoms with Gasteiger partial charge in [0.15, 0.2) is 0 Å². The van der Waals surface area contributed by atoms with Crippen molar-refractivity contribution in [2.45, 2.75) is 0 Å². The Bertz CT molecular complexity index is 3210. The van der Waals surface area contributed by atoms with E-state index in [1.807, 2.05) is 0 Å². The molecule has 0 aliphatic heterocycles. The van der Waals surface area contributed by atoms with Crippen molar-refractivity contribution >= 4 is 49.6 Å². The number of hydrogen-bond acceptors (Lipinski definition) is 1. The first-order chi connectivity index (χ1) is 29.7. The van der Waals surface area contributed by atoms with Crippen LogP contribution in [0.2, 0.25) is 0 Å². The average Bonchev–Trinajstić information content (AvgIpc) is 3.66. The number of benzene rings is 10. The summed E-state index contributed by atoms with van der Waals surface area (Å²) in [6.45, 7) is 0. The van der Waals surface area contributed by atoms with E-state index in [1.54, 1.807) is 0 Å². The fraction of sp³-hybridized carbons (Fsp3) is 0. The van der Waals surface area contributed by atoms with Crippen LogP contribution >= 0.6 is 0 Å². The molecule has 282 valence electrons. The van der Waals surface area contributed by atoms with Crippen LogP contribution in [0.25, 0.3) is 82.8 Å². The first-order valence-corrected chi connectivity index (χ1v) is 20.6. The van der Waals surface area contributed by atoms with Crippen LogP contribution in [-0.2, 0) is 0 Å². The summed E-state index contributed by atoms with van der Waals surface area (Å²) >= 11 is 0. The fourth-order valence-electron chi connectivity index (χ4n) is 8.85. The number of nitrogens with zero attached hydrogens (tertiary/aromatic N) is 2. The van der Waals surface area contributed by atoms with Gasteiger partial charge in [-0.3, -0.25) is 0 Å². The van der Waals surface area contributed by atoms with E-state index in [0.717, 1.165) is 28.3 Å². The second-order valence-corrected chi connectivity index (χ2v) is 15.4. The van der Waals surface area contributed by atoms with E-state index in [1.165, 1.54) is 71.5 Å². The average molecular weight is 765 g/mol. The molecule has 0 radical (unpaired) electrons. The Morgan fingerprint density at radius 1 is 0.267 bits per heavy atom. The van der Waals surface area contributed by atoms with E-state index < -0.39 is 0 Å². The van der Waals surface area contributed by atoms with Gasteiger partial charge in [-0.15, -0.1) is 0 Å². The molecule has 1 aromatic heterocycles. The van der Waals surface area contributed by atoms with Crippen molar-refractivity contribution in [3.63, 3.8) is 0 Å². The van der Waals surface area contributed by atoms with Crippen molar-refractivity contribution in [1.29, 1.82) is 0 Å². The molecule has 0 bridgehead atoms. The van der Waals surface area contributed by atoms with Crippen molar-refractivity contribution in [3.05, 3.63) is 243 Å². The van der Waals surface area contributed by atoms with Gasteiger partial charge in [0, 0.05) is 33.5 Å². The minimum absolute atomic E-state index is 1.09. The molecule has 0 aliphatic carbocycles. The van der Waals surface area contributed by atoms with E-state index in [2.05, 4.69) is 252 Å². The summed E-state index contributed by atoms with van der Waals surface area (Å²) in [6.07, 6.45) is 0. The molecule has 0 atom stereocenters. The Kier molecular flexibility index (Phi) is 8.87. The zero-order chi connectivity index (χ0) is 39.8. The van der Waals surface area contributed by atoms with Gasteiger partial charge in [-0.05, 0) is 116 Å². The Balaban J connectivity index is 1.02. The quantitative estimate of drug-likeness (QED) is 0.150. The summed E-state index contributed by atoms with van der Waals surface area (Å²) in [5, 5.41) is 4.97. The maximum atomic E-state index is 2.42. The van der Waals surface area contributed by atoms with Gasteiger partial charge >= 0.3 is 0 Å². The van der Waals surface area contributed by atoms with Gasteiger partial charge in [-0.25, -0.2) is 0 Å². The molecule has 1 heterocycles. The predicted molar refractivity (Wildman–Crippen MR) is 255 cm³/mol. The van der Waals surface area contributed by atoms with Gasteiger partial charge < -0.3 is 9.47 Å². The third-order valence-electron chi connectivity index (χ3n) is 11.8. The van der Waals surface area contributed by atoms with E-state index in [9.17, 15) is 0 Å². The minimum Gasteiger partial charge on any atom is -0.310 e. The molecule has 0 aliphatic rings. The number of rotatable bonds is 8. The van der Waals surface area contributed by atoms with Crippen molar-refractivity contribution in [1.82, 2.24) is 4.57 Å². The van der Waals surface area contributed by atoms with E-state index in [0.29, 0.717) is 0 Å². The third-order valence-corrected chi connectivity index (χ3v) is 11.8. The molecule has 0 saturated heterocycles. The zero-order valence-corrected chi connectivity index (χ0v) is 33.0. The van der Waals surface area contributed by atoms with Gasteiger partial charge in [-0.1, -0.05) is 182 Å². The molecule has 0 saturated carbocycles. The number of para-hydroxylation sites is 1. The molecule has 0 unspecified atom stereocenters. The van der Waals surface area contributed by atoms with Crippen LogP contribution in [0.3, 0.4) is 0 Å². The highest BCUT2D eigenvalue weighted by Gasteiger charge is 2.18. The second kappa shape index (κ2) is 15.1. The highest BCUT2D eigenvalue weighted by Crippen LogP contribution is 2.42. The van der Waals surface area contributed by atoms with Crippen LogP contribution in [0.1, 0.15) is 0 Å². The van der Waals surface area contributed by atoms with E-state index in [-0.39, 0.29) is 0 Å². The summed E-state index contributed by atoms with van der Waals surface area (Å²) in [7, 11) is 0. The molecule has 0 spiro atoms. The molecule has 11 rings (SSSR count). The van der Waals surface area contributed by atoms with Gasteiger partial charge in [0.1, 0.15) is 0 Å². The van der Waals surface area contributed by atoms with Gasteiger partial charge in [0.05, 0.1) is 11.0 Å². The first kappa shape index (κ1) is 35.2. The molecule has 10 aromatic carbocycles. The van der Waals surface area contributed by atoms with Crippen LogP contribution in [0.4, 0.5) is 17.1 Å². The van der Waals surface area contributed by atoms with Gasteiger partial charge in [-0.2, -0.15) is 0 Å². The van der Waals surface area contributed by atoms with Crippen LogP contribution < -0.4 is 4.90 Å². The van der Waals surface area contributed by atoms with Crippen LogP contribution in [0, 0.1) is 0 Å². The van der Waals surface area contributed by atoms with Crippen molar-refractivity contribution in [2.24, 2.45) is 0 Å². The maximum absolute atomic E-state index is 2.42. The predicted octanol–water partition coefficient (Wildman–Crippen LogP) is 16.1. The minimum atomic E-state index is 1.09. The lowest BCUT2D eigenvalue weighted by Gasteiger charge is -2.26. The molecule has 0 fully saturated rings. The lowest BCUT2D eigenvalue weighted by Crippen LogP contribution is -2.10. The summed E-state index contributed by atoms with van der Waals surface area (Å²) < 4.78 is 2.42. The summed E-state index contributed by atoms with van der Waals surface area (Å²) in [5.41, 5.74) is 16.4. The number of aromatic nitrogens is 1. The van der Waals surface area contributed by atoms with Crippen LogP contribution in [0.5, 0.6) is 0 Å². The highest BCUT2D eigenvalue weighted by molar-refractivity contribution is 6.10. The molecule has 60 heavy (non-hydrogen) atoms. The molecular weight excluding hydrogens is 725 g/mol. The van der Waals surface area contributed by atoms with Crippen molar-refractivity contribution < 1.29 is 0 Å². The summed E-state index contributed by atoms with van der Waals surface area (Å²) in [5.74, 6) is 0. The third kappa shape index (κ3) is 6.41. The fourth-order valence-corrected chi connectivity index (χ4v) is 8.85. The monoisotopic (exact) mass is 764 g/mol. The van der Waals surface area contributed by atoms with Crippen LogP contribution in [-0.4, -0.2) is 4.57 Å².